The van der Waals surface area contributed by atoms with E-state index in [1.807, 2.05) is 12.1 Å². The molecule has 1 aliphatic rings. The van der Waals surface area contributed by atoms with Gasteiger partial charge in [0, 0.05) is 25.4 Å². The molecule has 1 aromatic carbocycles. The summed E-state index contributed by atoms with van der Waals surface area (Å²) in [6.07, 6.45) is 1.67. The molecule has 0 atom stereocenters. The van der Waals surface area contributed by atoms with Crippen LogP contribution >= 0.6 is 0 Å². The standard InChI is InChI=1S/C18H20N4O4S/c1-26-11-10-22(13-14-6-4-5-9-19-14)17(23)12-20-18-15-7-2-3-8-16(15)27(24,25)21-18/h2-9H,10-13H2,1H3,(H,20,21). The van der Waals surface area contributed by atoms with Crippen LogP contribution in [0.15, 0.2) is 58.5 Å². The Bertz CT molecular complexity index is 945. The topological polar surface area (TPSA) is 101 Å². The second kappa shape index (κ2) is 8.28. The monoisotopic (exact) mass is 388 g/mol. The number of methoxy groups -OCH3 is 1. The van der Waals surface area contributed by atoms with Gasteiger partial charge in [-0.2, -0.15) is 0 Å². The first-order chi connectivity index (χ1) is 13.0. The van der Waals surface area contributed by atoms with E-state index in [-0.39, 0.29) is 23.2 Å². The van der Waals surface area contributed by atoms with Crippen LogP contribution in [-0.4, -0.2) is 56.9 Å². The zero-order chi connectivity index (χ0) is 19.3. The summed E-state index contributed by atoms with van der Waals surface area (Å²) in [7, 11) is -2.06. The number of ether oxygens (including phenoxy) is 1. The van der Waals surface area contributed by atoms with Crippen LogP contribution in [-0.2, 0) is 26.1 Å². The molecule has 3 rings (SSSR count). The maximum Gasteiger partial charge on any atom is 0.263 e. The van der Waals surface area contributed by atoms with E-state index in [2.05, 4.69) is 14.7 Å². The molecule has 9 heteroatoms. The molecule has 2 aromatic rings. The highest BCUT2D eigenvalue weighted by Gasteiger charge is 2.30. The number of fused-ring (bicyclic) bond motifs is 1. The minimum Gasteiger partial charge on any atom is -0.383 e. The Balaban J connectivity index is 1.75. The highest BCUT2D eigenvalue weighted by atomic mass is 32.2. The lowest BCUT2D eigenvalue weighted by molar-refractivity contribution is -0.130. The third kappa shape index (κ3) is 4.50. The van der Waals surface area contributed by atoms with Gasteiger partial charge in [0.1, 0.15) is 12.4 Å². The molecule has 0 saturated carbocycles. The average molecular weight is 388 g/mol. The minimum atomic E-state index is -3.62. The summed E-state index contributed by atoms with van der Waals surface area (Å²) >= 11 is 0. The molecule has 1 aromatic heterocycles. The fourth-order valence-electron chi connectivity index (χ4n) is 2.68. The Morgan fingerprint density at radius 1 is 1.22 bits per heavy atom. The molecule has 142 valence electrons. The Labute approximate surface area is 157 Å². The number of aromatic nitrogens is 1. The number of hydrogen-bond acceptors (Lipinski definition) is 6. The number of carbonyl (C=O) groups is 1. The van der Waals surface area contributed by atoms with Crippen LogP contribution in [0.25, 0.3) is 0 Å². The summed E-state index contributed by atoms with van der Waals surface area (Å²) in [4.78, 5) is 22.8. The molecule has 0 unspecified atom stereocenters. The highest BCUT2D eigenvalue weighted by Crippen LogP contribution is 2.22. The lowest BCUT2D eigenvalue weighted by atomic mass is 10.2. The van der Waals surface area contributed by atoms with Crippen LogP contribution < -0.4 is 4.72 Å². The molecular weight excluding hydrogens is 368 g/mol. The van der Waals surface area contributed by atoms with Crippen LogP contribution in [0.5, 0.6) is 0 Å². The number of sulfonamides is 1. The largest absolute Gasteiger partial charge is 0.383 e. The summed E-state index contributed by atoms with van der Waals surface area (Å²) < 4.78 is 31.7. The van der Waals surface area contributed by atoms with E-state index in [1.54, 1.807) is 42.5 Å². The quantitative estimate of drug-likeness (QED) is 0.756. The van der Waals surface area contributed by atoms with Crippen LogP contribution in [0.1, 0.15) is 11.3 Å². The molecule has 0 radical (unpaired) electrons. The summed E-state index contributed by atoms with van der Waals surface area (Å²) in [6, 6.07) is 12.0. The number of amides is 1. The van der Waals surface area contributed by atoms with Crippen molar-refractivity contribution >= 4 is 21.8 Å². The normalized spacial score (nSPS) is 16.0. The van der Waals surface area contributed by atoms with Crippen LogP contribution in [0.3, 0.4) is 0 Å². The predicted octanol–water partition coefficient (Wildman–Crippen LogP) is 0.795. The van der Waals surface area contributed by atoms with Crippen molar-refractivity contribution in [2.45, 2.75) is 11.4 Å². The minimum absolute atomic E-state index is 0.168. The van der Waals surface area contributed by atoms with Crippen molar-refractivity contribution in [2.75, 3.05) is 26.8 Å². The predicted molar refractivity (Wildman–Crippen MR) is 99.7 cm³/mol. The van der Waals surface area contributed by atoms with Crippen molar-refractivity contribution in [2.24, 2.45) is 4.99 Å². The van der Waals surface area contributed by atoms with Gasteiger partial charge in [0.25, 0.3) is 10.0 Å². The summed E-state index contributed by atoms with van der Waals surface area (Å²) in [5.41, 5.74) is 1.22. The van der Waals surface area contributed by atoms with Crippen molar-refractivity contribution in [3.05, 3.63) is 59.9 Å². The summed E-state index contributed by atoms with van der Waals surface area (Å²) in [5, 5.41) is 0. The van der Waals surface area contributed by atoms with Gasteiger partial charge < -0.3 is 9.64 Å². The lowest BCUT2D eigenvalue weighted by Gasteiger charge is -2.21. The van der Waals surface area contributed by atoms with Gasteiger partial charge in [0.15, 0.2) is 0 Å². The summed E-state index contributed by atoms with van der Waals surface area (Å²) in [6.45, 7) is 0.919. The smallest absolute Gasteiger partial charge is 0.263 e. The lowest BCUT2D eigenvalue weighted by Crippen LogP contribution is -2.36. The van der Waals surface area contributed by atoms with Gasteiger partial charge in [-0.3, -0.25) is 19.5 Å². The first kappa shape index (κ1) is 19.0. The van der Waals surface area contributed by atoms with E-state index in [0.29, 0.717) is 25.3 Å². The number of nitrogens with one attached hydrogen (secondary N) is 1. The van der Waals surface area contributed by atoms with E-state index in [1.165, 1.54) is 6.07 Å². The molecule has 0 saturated heterocycles. The highest BCUT2D eigenvalue weighted by molar-refractivity contribution is 7.90. The molecule has 0 aliphatic carbocycles. The molecule has 2 heterocycles. The fraction of sp³-hybridized carbons (Fsp3) is 0.278. The Morgan fingerprint density at radius 3 is 2.74 bits per heavy atom. The zero-order valence-electron chi connectivity index (χ0n) is 14.8. The van der Waals surface area contributed by atoms with Gasteiger partial charge >= 0.3 is 0 Å². The SMILES string of the molecule is COCCN(Cc1ccccn1)C(=O)CN=C1NS(=O)(=O)c2ccccc21. The average Bonchev–Trinajstić information content (AvgIpc) is 2.95. The maximum absolute atomic E-state index is 12.6. The van der Waals surface area contributed by atoms with Gasteiger partial charge in [0.05, 0.1) is 23.7 Å². The van der Waals surface area contributed by atoms with Gasteiger partial charge in [-0.1, -0.05) is 18.2 Å². The molecule has 1 amide bonds. The van der Waals surface area contributed by atoms with Crippen molar-refractivity contribution < 1.29 is 17.9 Å². The Morgan fingerprint density at radius 2 is 2.00 bits per heavy atom. The molecule has 1 N–H and O–H groups in total. The van der Waals surface area contributed by atoms with E-state index in [4.69, 9.17) is 4.74 Å². The van der Waals surface area contributed by atoms with E-state index in [0.717, 1.165) is 5.69 Å². The third-order valence-electron chi connectivity index (χ3n) is 4.03. The molecule has 0 spiro atoms. The van der Waals surface area contributed by atoms with E-state index >= 15 is 0 Å². The van der Waals surface area contributed by atoms with Crippen molar-refractivity contribution in [1.82, 2.24) is 14.6 Å². The van der Waals surface area contributed by atoms with Crippen LogP contribution in [0.4, 0.5) is 0 Å². The second-order valence-electron chi connectivity index (χ2n) is 5.90. The number of benzene rings is 1. The first-order valence-corrected chi connectivity index (χ1v) is 9.83. The number of rotatable bonds is 7. The number of aliphatic imine (C=N–C) groups is 1. The second-order valence-corrected chi connectivity index (χ2v) is 7.55. The number of carbonyl (C=O) groups excluding carboxylic acids is 1. The van der Waals surface area contributed by atoms with Crippen molar-refractivity contribution in [3.63, 3.8) is 0 Å². The molecule has 1 aliphatic heterocycles. The number of hydrogen-bond donors (Lipinski definition) is 1. The Kier molecular flexibility index (Phi) is 5.82. The molecule has 0 bridgehead atoms. The van der Waals surface area contributed by atoms with Gasteiger partial charge in [-0.25, -0.2) is 8.42 Å². The van der Waals surface area contributed by atoms with Crippen LogP contribution in [0, 0.1) is 0 Å². The number of nitrogens with zero attached hydrogens (tertiary/aromatic N) is 3. The van der Waals surface area contributed by atoms with Gasteiger partial charge in [0.2, 0.25) is 5.91 Å². The van der Waals surface area contributed by atoms with Crippen LogP contribution in [0.2, 0.25) is 0 Å². The fourth-order valence-corrected chi connectivity index (χ4v) is 3.93. The summed E-state index contributed by atoms with van der Waals surface area (Å²) in [5.74, 6) is -0.0581. The van der Waals surface area contributed by atoms with Gasteiger partial charge in [-0.15, -0.1) is 0 Å². The third-order valence-corrected chi connectivity index (χ3v) is 5.43. The number of amidine groups is 1. The Hall–Kier alpha value is -2.78. The maximum atomic E-state index is 12.6. The van der Waals surface area contributed by atoms with E-state index in [9.17, 15) is 13.2 Å². The van der Waals surface area contributed by atoms with Crippen molar-refractivity contribution in [1.29, 1.82) is 0 Å². The molecule has 0 fully saturated rings. The van der Waals surface area contributed by atoms with E-state index < -0.39 is 10.0 Å². The molecular formula is C18H20N4O4S. The first-order valence-electron chi connectivity index (χ1n) is 8.34. The molecule has 8 nitrogen and oxygen atoms in total. The molecule has 27 heavy (non-hydrogen) atoms. The number of pyridine rings is 1. The van der Waals surface area contributed by atoms with Crippen molar-refractivity contribution in [3.8, 4) is 0 Å². The van der Waals surface area contributed by atoms with Gasteiger partial charge in [-0.05, 0) is 24.3 Å². The zero-order valence-corrected chi connectivity index (χ0v) is 15.6.